The van der Waals surface area contributed by atoms with E-state index >= 15 is 0 Å². The summed E-state index contributed by atoms with van der Waals surface area (Å²) >= 11 is 0. The number of hydrogen-bond acceptors (Lipinski definition) is 9. The minimum absolute atomic E-state index is 0.105. The van der Waals surface area contributed by atoms with E-state index in [1.165, 1.54) is 19.3 Å². The molecule has 236 valence electrons. The Hall–Kier alpha value is -4.32. The molecule has 4 aromatic heterocycles. The Kier molecular flexibility index (Phi) is 7.76. The maximum absolute atomic E-state index is 13.3. The molecule has 12 nitrogen and oxygen atoms in total. The fraction of sp³-hybridized carbons (Fsp3) is 0.515. The molecule has 2 aliphatic heterocycles. The summed E-state index contributed by atoms with van der Waals surface area (Å²) in [6.45, 7) is 9.17. The van der Waals surface area contributed by atoms with Gasteiger partial charge in [-0.2, -0.15) is 0 Å². The Morgan fingerprint density at radius 1 is 1.07 bits per heavy atom. The third-order valence-electron chi connectivity index (χ3n) is 9.10. The summed E-state index contributed by atoms with van der Waals surface area (Å²) in [7, 11) is 0. The number of amides is 1. The highest BCUT2D eigenvalue weighted by Gasteiger charge is 2.45. The Labute approximate surface area is 263 Å². The van der Waals surface area contributed by atoms with Crippen molar-refractivity contribution >= 4 is 11.8 Å². The zero-order valence-corrected chi connectivity index (χ0v) is 26.2. The number of hydrogen-bond donors (Lipinski definition) is 0. The molecule has 0 aromatic carbocycles. The van der Waals surface area contributed by atoms with Crippen molar-refractivity contribution in [3.05, 3.63) is 67.1 Å². The minimum Gasteiger partial charge on any atom is -0.444 e. The van der Waals surface area contributed by atoms with Crippen molar-refractivity contribution in [1.82, 2.24) is 39.4 Å². The predicted molar refractivity (Wildman–Crippen MR) is 168 cm³/mol. The van der Waals surface area contributed by atoms with Crippen LogP contribution in [0.5, 0.6) is 0 Å². The first kappa shape index (κ1) is 29.4. The van der Waals surface area contributed by atoms with E-state index in [9.17, 15) is 4.79 Å². The first-order valence-electron chi connectivity index (χ1n) is 15.9. The van der Waals surface area contributed by atoms with Crippen molar-refractivity contribution in [2.75, 3.05) is 37.7 Å². The third kappa shape index (κ3) is 6.03. The molecule has 0 unspecified atom stereocenters. The van der Waals surface area contributed by atoms with Crippen LogP contribution in [0.2, 0.25) is 0 Å². The van der Waals surface area contributed by atoms with Gasteiger partial charge in [0.25, 0.3) is 0 Å². The van der Waals surface area contributed by atoms with E-state index in [2.05, 4.69) is 32.3 Å². The fourth-order valence-electron chi connectivity index (χ4n) is 6.31. The maximum Gasteiger partial charge on any atom is 0.410 e. The second kappa shape index (κ2) is 11.9. The first-order valence-corrected chi connectivity index (χ1v) is 15.9. The van der Waals surface area contributed by atoms with Crippen LogP contribution in [-0.4, -0.2) is 90.0 Å². The second-order valence-electron chi connectivity index (χ2n) is 13.5. The van der Waals surface area contributed by atoms with Crippen LogP contribution in [0.15, 0.2) is 61.4 Å². The molecule has 6 heterocycles. The van der Waals surface area contributed by atoms with E-state index in [0.717, 1.165) is 43.9 Å². The summed E-state index contributed by atoms with van der Waals surface area (Å²) in [6, 6.07) is 8.19. The Morgan fingerprint density at radius 2 is 1.89 bits per heavy atom. The maximum atomic E-state index is 13.3. The van der Waals surface area contributed by atoms with Crippen LogP contribution in [0, 0.1) is 5.92 Å². The molecule has 3 aliphatic rings. The van der Waals surface area contributed by atoms with Gasteiger partial charge in [0.15, 0.2) is 11.4 Å². The van der Waals surface area contributed by atoms with Crippen molar-refractivity contribution in [1.29, 1.82) is 0 Å². The van der Waals surface area contributed by atoms with E-state index in [-0.39, 0.29) is 12.1 Å². The quantitative estimate of drug-likeness (QED) is 0.280. The van der Waals surface area contributed by atoms with Gasteiger partial charge in [-0.3, -0.25) is 9.97 Å². The number of carbonyl (C=O) groups excluding carboxylic acids is 1. The van der Waals surface area contributed by atoms with Gasteiger partial charge in [0.05, 0.1) is 55.4 Å². The lowest BCUT2D eigenvalue weighted by molar-refractivity contribution is -0.0851. The number of ether oxygens (including phenoxy) is 2. The molecule has 1 aliphatic carbocycles. The molecule has 12 heteroatoms. The van der Waals surface area contributed by atoms with Crippen molar-refractivity contribution in [2.24, 2.45) is 5.92 Å². The summed E-state index contributed by atoms with van der Waals surface area (Å²) in [5.41, 5.74) is 2.13. The lowest BCUT2D eigenvalue weighted by atomic mass is 9.84. The van der Waals surface area contributed by atoms with E-state index in [1.54, 1.807) is 12.4 Å². The fourth-order valence-corrected chi connectivity index (χ4v) is 6.31. The second-order valence-corrected chi connectivity index (χ2v) is 13.5. The smallest absolute Gasteiger partial charge is 0.410 e. The highest BCUT2D eigenvalue weighted by atomic mass is 16.6. The van der Waals surface area contributed by atoms with Crippen LogP contribution < -0.4 is 4.90 Å². The zero-order valence-electron chi connectivity index (χ0n) is 26.2. The first-order chi connectivity index (χ1) is 21.8. The summed E-state index contributed by atoms with van der Waals surface area (Å²) in [5, 5.41) is 8.92. The Bertz CT molecular complexity index is 1600. The van der Waals surface area contributed by atoms with E-state index in [1.807, 2.05) is 71.8 Å². The molecular formula is C33H41N9O3. The van der Waals surface area contributed by atoms with Crippen molar-refractivity contribution in [2.45, 2.75) is 70.1 Å². The molecule has 0 bridgehead atoms. The summed E-state index contributed by atoms with van der Waals surface area (Å²) in [5.74, 6) is 1.28. The number of nitrogens with zero attached hydrogens (tertiary/aromatic N) is 9. The minimum atomic E-state index is -0.546. The summed E-state index contributed by atoms with van der Waals surface area (Å²) in [6.07, 6.45) is 16.5. The molecule has 3 fully saturated rings. The molecule has 1 saturated carbocycles. The topological polar surface area (TPSA) is 116 Å². The van der Waals surface area contributed by atoms with Crippen LogP contribution in [0.25, 0.3) is 17.2 Å². The molecular weight excluding hydrogens is 570 g/mol. The lowest BCUT2D eigenvalue weighted by Gasteiger charge is -2.43. The van der Waals surface area contributed by atoms with Crippen LogP contribution in [0.3, 0.4) is 0 Å². The lowest BCUT2D eigenvalue weighted by Crippen LogP contribution is -2.54. The molecule has 0 spiro atoms. The summed E-state index contributed by atoms with van der Waals surface area (Å²) in [4.78, 5) is 31.7. The average molecular weight is 612 g/mol. The van der Waals surface area contributed by atoms with E-state index < -0.39 is 11.1 Å². The number of carbonyl (C=O) groups is 1. The molecule has 45 heavy (non-hydrogen) atoms. The third-order valence-corrected chi connectivity index (χ3v) is 9.10. The van der Waals surface area contributed by atoms with Gasteiger partial charge in [0, 0.05) is 32.0 Å². The van der Waals surface area contributed by atoms with Gasteiger partial charge in [-0.15, -0.1) is 5.10 Å². The van der Waals surface area contributed by atoms with Crippen molar-refractivity contribution in [3.8, 4) is 17.2 Å². The normalized spacial score (nSPS) is 19.9. The molecule has 7 rings (SSSR count). The van der Waals surface area contributed by atoms with Crippen LogP contribution in [-0.2, 0) is 15.0 Å². The molecule has 0 N–H and O–H groups in total. The van der Waals surface area contributed by atoms with Crippen molar-refractivity contribution in [3.63, 3.8) is 0 Å². The number of aromatic nitrogens is 7. The predicted octanol–water partition coefficient (Wildman–Crippen LogP) is 4.70. The van der Waals surface area contributed by atoms with E-state index in [0.29, 0.717) is 36.3 Å². The summed E-state index contributed by atoms with van der Waals surface area (Å²) < 4.78 is 15.3. The number of rotatable bonds is 8. The van der Waals surface area contributed by atoms with Gasteiger partial charge < -0.3 is 23.8 Å². The standard InChI is InChI=1S/C33H41N9O3/c1-32(2,3)45-31(43)41(19-24-8-6-9-24)26-10-7-15-40(20-26)25-11-12-29(35-16-25)33(22-44-23-33)42-21-28(37-38-42)27-17-34-18-30(36-27)39-13-4-5-14-39/h4-5,11-14,16-18,21,24,26H,6-10,15,19-20,22-23H2,1-3H3/t26-/m1/s1. The van der Waals surface area contributed by atoms with Gasteiger partial charge in [-0.05, 0) is 76.6 Å². The van der Waals surface area contributed by atoms with Crippen LogP contribution >= 0.6 is 0 Å². The van der Waals surface area contributed by atoms with Gasteiger partial charge in [-0.25, -0.2) is 14.5 Å². The van der Waals surface area contributed by atoms with Gasteiger partial charge in [-0.1, -0.05) is 11.6 Å². The average Bonchev–Trinajstić information content (AvgIpc) is 3.70. The monoisotopic (exact) mass is 611 g/mol. The van der Waals surface area contributed by atoms with Gasteiger partial charge in [0.2, 0.25) is 0 Å². The molecule has 2 saturated heterocycles. The van der Waals surface area contributed by atoms with Gasteiger partial charge in [0.1, 0.15) is 17.0 Å². The molecule has 1 amide bonds. The number of anilines is 1. The Balaban J connectivity index is 1.07. The SMILES string of the molecule is CC(C)(C)OC(=O)N(CC1CCC1)[C@@H]1CCCN(c2ccc(C3(n4cc(-c5cncc(-n6cccc6)n5)nn4)COC3)nc2)C1. The number of pyridine rings is 1. The van der Waals surface area contributed by atoms with E-state index in [4.69, 9.17) is 19.4 Å². The van der Waals surface area contributed by atoms with Crippen LogP contribution in [0.1, 0.15) is 58.6 Å². The Morgan fingerprint density at radius 3 is 2.56 bits per heavy atom. The zero-order chi connectivity index (χ0) is 31.0. The highest BCUT2D eigenvalue weighted by Crippen LogP contribution is 2.35. The van der Waals surface area contributed by atoms with Gasteiger partial charge >= 0.3 is 6.09 Å². The van der Waals surface area contributed by atoms with Crippen LogP contribution in [0.4, 0.5) is 10.5 Å². The molecule has 1 atom stereocenters. The molecule has 0 radical (unpaired) electrons. The largest absolute Gasteiger partial charge is 0.444 e. The number of piperidine rings is 1. The molecule has 4 aromatic rings. The highest BCUT2D eigenvalue weighted by molar-refractivity contribution is 5.69. The van der Waals surface area contributed by atoms with Crippen molar-refractivity contribution < 1.29 is 14.3 Å².